The lowest BCUT2D eigenvalue weighted by Crippen LogP contribution is -2.07. The molecule has 1 aliphatic rings. The third-order valence-electron chi connectivity index (χ3n) is 4.05. The lowest BCUT2D eigenvalue weighted by atomic mass is 9.84. The van der Waals surface area contributed by atoms with E-state index in [2.05, 4.69) is 68.4 Å². The van der Waals surface area contributed by atoms with Crippen molar-refractivity contribution in [3.8, 4) is 0 Å². The zero-order chi connectivity index (χ0) is 14.9. The lowest BCUT2D eigenvalue weighted by Gasteiger charge is -2.20. The molecule has 19 heavy (non-hydrogen) atoms. The second-order valence-electron chi connectivity index (χ2n) is 6.98. The number of rotatable bonds is 4. The van der Waals surface area contributed by atoms with E-state index in [4.69, 9.17) is 0 Å². The molecule has 0 nitrogen and oxygen atoms in total. The van der Waals surface area contributed by atoms with Crippen LogP contribution < -0.4 is 0 Å². The molecule has 1 rings (SSSR count). The van der Waals surface area contributed by atoms with E-state index in [1.54, 1.807) is 22.3 Å². The van der Waals surface area contributed by atoms with Crippen molar-refractivity contribution in [2.24, 2.45) is 23.7 Å². The molecule has 0 atom stereocenters. The standard InChI is InChI=1S/C19H32/c1-10-15-16(11(2)3)18(13(6)7)19(14(8)9)17(15)12(4)5/h10-14H,1-9H3. The fourth-order valence-corrected chi connectivity index (χ4v) is 3.52. The number of hydrogen-bond donors (Lipinski definition) is 0. The highest BCUT2D eigenvalue weighted by atomic mass is 14.4. The monoisotopic (exact) mass is 260 g/mol. The molecule has 0 aromatic rings. The highest BCUT2D eigenvalue weighted by Gasteiger charge is 2.33. The van der Waals surface area contributed by atoms with Crippen LogP contribution in [-0.4, -0.2) is 0 Å². The van der Waals surface area contributed by atoms with Gasteiger partial charge in [-0.3, -0.25) is 0 Å². The van der Waals surface area contributed by atoms with Gasteiger partial charge >= 0.3 is 0 Å². The Morgan fingerprint density at radius 2 is 0.789 bits per heavy atom. The predicted octanol–water partition coefficient (Wildman–Crippen LogP) is 6.16. The third-order valence-corrected chi connectivity index (χ3v) is 4.05. The van der Waals surface area contributed by atoms with Crippen molar-refractivity contribution in [3.05, 3.63) is 33.9 Å². The molecule has 0 spiro atoms. The van der Waals surface area contributed by atoms with Crippen molar-refractivity contribution in [1.29, 1.82) is 0 Å². The number of allylic oxidation sites excluding steroid dienone is 6. The van der Waals surface area contributed by atoms with Gasteiger partial charge in [0, 0.05) is 0 Å². The summed E-state index contributed by atoms with van der Waals surface area (Å²) in [7, 11) is 0. The first-order chi connectivity index (χ1) is 8.73. The average Bonchev–Trinajstić information content (AvgIpc) is 2.63. The molecular formula is C19H32. The minimum Gasteiger partial charge on any atom is -0.0798 e. The van der Waals surface area contributed by atoms with Gasteiger partial charge in [-0.15, -0.1) is 0 Å². The summed E-state index contributed by atoms with van der Waals surface area (Å²) < 4.78 is 0. The first-order valence-electron chi connectivity index (χ1n) is 7.89. The van der Waals surface area contributed by atoms with Crippen molar-refractivity contribution in [1.82, 2.24) is 0 Å². The topological polar surface area (TPSA) is 0 Å². The summed E-state index contributed by atoms with van der Waals surface area (Å²) in [6.45, 7) is 20.9. The summed E-state index contributed by atoms with van der Waals surface area (Å²) >= 11 is 0. The van der Waals surface area contributed by atoms with E-state index >= 15 is 0 Å². The maximum Gasteiger partial charge on any atom is -0.0210 e. The Kier molecular flexibility index (Phi) is 5.24. The molecule has 0 heteroatoms. The molecule has 0 heterocycles. The van der Waals surface area contributed by atoms with Gasteiger partial charge in [-0.1, -0.05) is 61.5 Å². The molecule has 108 valence electrons. The van der Waals surface area contributed by atoms with Crippen LogP contribution in [0.3, 0.4) is 0 Å². The molecule has 0 aliphatic heterocycles. The Balaban J connectivity index is 3.64. The van der Waals surface area contributed by atoms with E-state index in [9.17, 15) is 0 Å². The van der Waals surface area contributed by atoms with Gasteiger partial charge in [-0.05, 0) is 58.5 Å². The second kappa shape index (κ2) is 6.11. The van der Waals surface area contributed by atoms with Gasteiger partial charge in [0.15, 0.2) is 0 Å². The fourth-order valence-electron chi connectivity index (χ4n) is 3.52. The zero-order valence-corrected chi connectivity index (χ0v) is 14.4. The highest BCUT2D eigenvalue weighted by molar-refractivity contribution is 5.65. The third kappa shape index (κ3) is 2.88. The van der Waals surface area contributed by atoms with E-state index in [0.29, 0.717) is 23.7 Å². The van der Waals surface area contributed by atoms with Crippen LogP contribution in [-0.2, 0) is 0 Å². The molecule has 1 aliphatic carbocycles. The minimum atomic E-state index is 0.605. The normalized spacial score (nSPS) is 17.0. The Labute approximate surface area is 120 Å². The Morgan fingerprint density at radius 3 is 0.947 bits per heavy atom. The lowest BCUT2D eigenvalue weighted by molar-refractivity contribution is 0.669. The molecule has 0 saturated heterocycles. The largest absolute Gasteiger partial charge is 0.0798 e. The van der Waals surface area contributed by atoms with E-state index in [-0.39, 0.29) is 0 Å². The Morgan fingerprint density at radius 1 is 0.526 bits per heavy atom. The van der Waals surface area contributed by atoms with Crippen molar-refractivity contribution in [3.63, 3.8) is 0 Å². The summed E-state index contributed by atoms with van der Waals surface area (Å²) in [6.07, 6.45) is 2.34. The van der Waals surface area contributed by atoms with E-state index in [1.807, 2.05) is 0 Å². The van der Waals surface area contributed by atoms with Gasteiger partial charge < -0.3 is 0 Å². The zero-order valence-electron chi connectivity index (χ0n) is 14.4. The fraction of sp³-hybridized carbons (Fsp3) is 0.684. The molecule has 0 unspecified atom stereocenters. The quantitative estimate of drug-likeness (QED) is 0.567. The molecule has 0 fully saturated rings. The van der Waals surface area contributed by atoms with Crippen LogP contribution in [0.4, 0.5) is 0 Å². The van der Waals surface area contributed by atoms with Crippen molar-refractivity contribution in [2.75, 3.05) is 0 Å². The van der Waals surface area contributed by atoms with Gasteiger partial charge in [0.2, 0.25) is 0 Å². The predicted molar refractivity (Wildman–Crippen MR) is 87.2 cm³/mol. The second-order valence-corrected chi connectivity index (χ2v) is 6.98. The molecule has 0 amide bonds. The SMILES string of the molecule is CC=C1C(C(C)C)=C(C(C)C)C(C(C)C)=C1C(C)C. The molecule has 0 aromatic heterocycles. The average molecular weight is 260 g/mol. The maximum absolute atomic E-state index is 2.34. The van der Waals surface area contributed by atoms with Crippen LogP contribution in [0, 0.1) is 23.7 Å². The first-order valence-corrected chi connectivity index (χ1v) is 7.89. The van der Waals surface area contributed by atoms with Crippen molar-refractivity contribution < 1.29 is 0 Å². The van der Waals surface area contributed by atoms with Crippen LogP contribution in [0.1, 0.15) is 62.3 Å². The van der Waals surface area contributed by atoms with Gasteiger partial charge in [0.05, 0.1) is 0 Å². The van der Waals surface area contributed by atoms with E-state index in [0.717, 1.165) is 0 Å². The summed E-state index contributed by atoms with van der Waals surface area (Å²) in [5.41, 5.74) is 7.98. The Hall–Kier alpha value is -0.780. The Bertz CT molecular complexity index is 385. The smallest absolute Gasteiger partial charge is 0.0210 e. The highest BCUT2D eigenvalue weighted by Crippen LogP contribution is 2.48. The molecule has 0 saturated carbocycles. The van der Waals surface area contributed by atoms with Crippen LogP contribution in [0.5, 0.6) is 0 Å². The van der Waals surface area contributed by atoms with Gasteiger partial charge in [-0.2, -0.15) is 0 Å². The van der Waals surface area contributed by atoms with E-state index < -0.39 is 0 Å². The molecule has 0 bridgehead atoms. The number of hydrogen-bond acceptors (Lipinski definition) is 0. The van der Waals surface area contributed by atoms with Crippen LogP contribution in [0.2, 0.25) is 0 Å². The summed E-state index contributed by atoms with van der Waals surface area (Å²) in [6, 6.07) is 0. The summed E-state index contributed by atoms with van der Waals surface area (Å²) in [4.78, 5) is 0. The van der Waals surface area contributed by atoms with Gasteiger partial charge in [-0.25, -0.2) is 0 Å². The molecule has 0 N–H and O–H groups in total. The van der Waals surface area contributed by atoms with Crippen LogP contribution in [0.25, 0.3) is 0 Å². The van der Waals surface area contributed by atoms with Crippen LogP contribution >= 0.6 is 0 Å². The van der Waals surface area contributed by atoms with Crippen LogP contribution in [0.15, 0.2) is 33.9 Å². The van der Waals surface area contributed by atoms with E-state index in [1.165, 1.54) is 5.57 Å². The minimum absolute atomic E-state index is 0.605. The first kappa shape index (κ1) is 16.3. The molecule has 0 radical (unpaired) electrons. The molecule has 0 aromatic carbocycles. The summed E-state index contributed by atoms with van der Waals surface area (Å²) in [5, 5.41) is 0. The molecular weight excluding hydrogens is 228 g/mol. The van der Waals surface area contributed by atoms with Crippen molar-refractivity contribution >= 4 is 0 Å². The van der Waals surface area contributed by atoms with Gasteiger partial charge in [0.1, 0.15) is 0 Å². The maximum atomic E-state index is 2.34. The van der Waals surface area contributed by atoms with Crippen molar-refractivity contribution in [2.45, 2.75) is 62.3 Å². The summed E-state index contributed by atoms with van der Waals surface area (Å²) in [5.74, 6) is 2.43. The van der Waals surface area contributed by atoms with Gasteiger partial charge in [0.25, 0.3) is 0 Å².